The second-order valence-electron chi connectivity index (χ2n) is 7.88. The molecule has 0 radical (unpaired) electrons. The maximum absolute atomic E-state index is 5.35. The number of likely N-dealkylation sites (tertiary alicyclic amines) is 1. The minimum absolute atomic E-state index is 0.244. The van der Waals surface area contributed by atoms with E-state index in [0.29, 0.717) is 5.92 Å². The fraction of sp³-hybridized carbons (Fsp3) is 0.269. The summed E-state index contributed by atoms with van der Waals surface area (Å²) in [6, 6.07) is 29.8. The zero-order valence-electron chi connectivity index (χ0n) is 17.8. The minimum Gasteiger partial charge on any atom is -0.497 e. The number of anilines is 1. The zero-order chi connectivity index (χ0) is 20.9. The van der Waals surface area contributed by atoms with Crippen LogP contribution in [0.1, 0.15) is 36.6 Å². The molecule has 0 aliphatic carbocycles. The first-order chi connectivity index (χ1) is 14.7. The van der Waals surface area contributed by atoms with E-state index < -0.39 is 0 Å². The minimum atomic E-state index is 0.244. The Morgan fingerprint density at radius 2 is 1.50 bits per heavy atom. The van der Waals surface area contributed by atoms with Gasteiger partial charge < -0.3 is 4.74 Å². The van der Waals surface area contributed by atoms with E-state index in [4.69, 9.17) is 9.84 Å². The lowest BCUT2D eigenvalue weighted by Crippen LogP contribution is -2.42. The summed E-state index contributed by atoms with van der Waals surface area (Å²) < 4.78 is 5.35. The summed E-state index contributed by atoms with van der Waals surface area (Å²) in [6.07, 6.45) is 0.882. The van der Waals surface area contributed by atoms with Crippen LogP contribution in [0.3, 0.4) is 0 Å². The van der Waals surface area contributed by atoms with Gasteiger partial charge in [-0.05, 0) is 42.4 Å². The Bertz CT molecular complexity index is 970. The number of piperidine rings is 1. The lowest BCUT2D eigenvalue weighted by atomic mass is 9.80. The molecule has 0 saturated carbocycles. The van der Waals surface area contributed by atoms with Gasteiger partial charge in [0.2, 0.25) is 0 Å². The highest BCUT2D eigenvalue weighted by atomic mass is 16.5. The SMILES string of the molecule is COc1ccc(C2C/C(=N\Nc3ccccc3)C(C)C(c3ccccc3)N2C)cc1. The molecular weight excluding hydrogens is 370 g/mol. The molecule has 0 aromatic heterocycles. The predicted octanol–water partition coefficient (Wildman–Crippen LogP) is 5.92. The van der Waals surface area contributed by atoms with Crippen molar-refractivity contribution < 1.29 is 4.74 Å². The van der Waals surface area contributed by atoms with Crippen LogP contribution in [0, 0.1) is 5.92 Å². The fourth-order valence-electron chi connectivity index (χ4n) is 4.41. The molecule has 1 saturated heterocycles. The fourth-order valence-corrected chi connectivity index (χ4v) is 4.41. The highest BCUT2D eigenvalue weighted by Crippen LogP contribution is 2.42. The Balaban J connectivity index is 1.69. The molecule has 4 nitrogen and oxygen atoms in total. The summed E-state index contributed by atoms with van der Waals surface area (Å²) in [7, 11) is 3.93. The molecule has 1 fully saturated rings. The third-order valence-corrected chi connectivity index (χ3v) is 6.08. The predicted molar refractivity (Wildman–Crippen MR) is 124 cm³/mol. The van der Waals surface area contributed by atoms with E-state index in [0.717, 1.165) is 17.9 Å². The van der Waals surface area contributed by atoms with E-state index in [1.807, 2.05) is 42.5 Å². The van der Waals surface area contributed by atoms with E-state index in [2.05, 4.69) is 66.8 Å². The monoisotopic (exact) mass is 399 g/mol. The van der Waals surface area contributed by atoms with Gasteiger partial charge in [-0.2, -0.15) is 5.10 Å². The lowest BCUT2D eigenvalue weighted by Gasteiger charge is -2.44. The van der Waals surface area contributed by atoms with Gasteiger partial charge in [0.25, 0.3) is 0 Å². The first-order valence-electron chi connectivity index (χ1n) is 10.5. The maximum atomic E-state index is 5.35. The van der Waals surface area contributed by atoms with Crippen LogP contribution in [0.4, 0.5) is 5.69 Å². The largest absolute Gasteiger partial charge is 0.497 e. The van der Waals surface area contributed by atoms with Crippen LogP contribution >= 0.6 is 0 Å². The van der Waals surface area contributed by atoms with Crippen LogP contribution in [0.5, 0.6) is 5.75 Å². The van der Waals surface area contributed by atoms with Crippen LogP contribution in [-0.4, -0.2) is 24.8 Å². The van der Waals surface area contributed by atoms with Gasteiger partial charge in [0.15, 0.2) is 0 Å². The van der Waals surface area contributed by atoms with Crippen molar-refractivity contribution >= 4 is 11.4 Å². The molecule has 0 bridgehead atoms. The van der Waals surface area contributed by atoms with Crippen molar-refractivity contribution in [1.29, 1.82) is 0 Å². The molecule has 1 aliphatic heterocycles. The Morgan fingerprint density at radius 1 is 0.867 bits per heavy atom. The molecule has 1 N–H and O–H groups in total. The van der Waals surface area contributed by atoms with Gasteiger partial charge in [-0.3, -0.25) is 10.3 Å². The average Bonchev–Trinajstić information content (AvgIpc) is 2.80. The molecule has 1 heterocycles. The first-order valence-corrected chi connectivity index (χ1v) is 10.5. The van der Waals surface area contributed by atoms with Gasteiger partial charge in [-0.25, -0.2) is 0 Å². The van der Waals surface area contributed by atoms with Crippen LogP contribution in [0.25, 0.3) is 0 Å². The van der Waals surface area contributed by atoms with Gasteiger partial charge in [-0.15, -0.1) is 0 Å². The molecule has 3 unspecified atom stereocenters. The molecule has 4 rings (SSSR count). The van der Waals surface area contributed by atoms with Crippen molar-refractivity contribution in [3.8, 4) is 5.75 Å². The molecule has 1 aliphatic rings. The van der Waals surface area contributed by atoms with E-state index in [-0.39, 0.29) is 12.1 Å². The van der Waals surface area contributed by atoms with Gasteiger partial charge in [0.1, 0.15) is 5.75 Å². The molecule has 3 aromatic rings. The van der Waals surface area contributed by atoms with Gasteiger partial charge in [-0.1, -0.05) is 67.6 Å². The third-order valence-electron chi connectivity index (χ3n) is 6.08. The second kappa shape index (κ2) is 9.14. The highest BCUT2D eigenvalue weighted by Gasteiger charge is 2.38. The number of hydrogen-bond donors (Lipinski definition) is 1. The Kier molecular flexibility index (Phi) is 6.15. The number of benzene rings is 3. The van der Waals surface area contributed by atoms with Crippen LogP contribution in [0.2, 0.25) is 0 Å². The summed E-state index contributed by atoms with van der Waals surface area (Å²) >= 11 is 0. The summed E-state index contributed by atoms with van der Waals surface area (Å²) in [6.45, 7) is 2.28. The number of nitrogens with zero attached hydrogens (tertiary/aromatic N) is 2. The van der Waals surface area contributed by atoms with Gasteiger partial charge >= 0.3 is 0 Å². The number of hydrazone groups is 1. The van der Waals surface area contributed by atoms with Crippen molar-refractivity contribution in [1.82, 2.24) is 4.90 Å². The molecule has 4 heteroatoms. The number of methoxy groups -OCH3 is 1. The number of rotatable bonds is 5. The normalized spacial score (nSPS) is 23.3. The van der Waals surface area contributed by atoms with Crippen molar-refractivity contribution in [2.45, 2.75) is 25.4 Å². The molecule has 0 amide bonds. The number of para-hydroxylation sites is 1. The molecule has 3 aromatic carbocycles. The van der Waals surface area contributed by atoms with Gasteiger partial charge in [0, 0.05) is 30.1 Å². The summed E-state index contributed by atoms with van der Waals surface area (Å²) in [5.41, 5.74) is 8.06. The molecule has 3 atom stereocenters. The summed E-state index contributed by atoms with van der Waals surface area (Å²) in [4.78, 5) is 2.49. The highest BCUT2D eigenvalue weighted by molar-refractivity contribution is 5.89. The van der Waals surface area contributed by atoms with Crippen molar-refractivity contribution in [2.24, 2.45) is 11.0 Å². The van der Waals surface area contributed by atoms with E-state index in [1.54, 1.807) is 7.11 Å². The van der Waals surface area contributed by atoms with Crippen molar-refractivity contribution in [2.75, 3.05) is 19.6 Å². The van der Waals surface area contributed by atoms with E-state index >= 15 is 0 Å². The summed E-state index contributed by atoms with van der Waals surface area (Å²) in [5.74, 6) is 1.17. The molecular formula is C26H29N3O. The first kappa shape index (κ1) is 20.2. The van der Waals surface area contributed by atoms with Crippen molar-refractivity contribution in [3.63, 3.8) is 0 Å². The molecule has 30 heavy (non-hydrogen) atoms. The quantitative estimate of drug-likeness (QED) is 0.541. The third kappa shape index (κ3) is 4.24. The average molecular weight is 400 g/mol. The summed E-state index contributed by atoms with van der Waals surface area (Å²) in [5, 5.41) is 4.87. The molecule has 154 valence electrons. The Hall–Kier alpha value is -3.11. The standard InChI is InChI=1S/C26H29N3O/c1-19-24(28-27-22-12-8-5-9-13-22)18-25(20-14-16-23(30-3)17-15-20)29(2)26(19)21-10-6-4-7-11-21/h4-17,19,25-27H,18H2,1-3H3/b28-24+. The topological polar surface area (TPSA) is 36.9 Å². The lowest BCUT2D eigenvalue weighted by molar-refractivity contribution is 0.132. The second-order valence-corrected chi connectivity index (χ2v) is 7.88. The van der Waals surface area contributed by atoms with Gasteiger partial charge in [0.05, 0.1) is 12.8 Å². The van der Waals surface area contributed by atoms with E-state index in [9.17, 15) is 0 Å². The van der Waals surface area contributed by atoms with E-state index in [1.165, 1.54) is 16.8 Å². The van der Waals surface area contributed by atoms with Crippen LogP contribution in [-0.2, 0) is 0 Å². The molecule has 0 spiro atoms. The van der Waals surface area contributed by atoms with Crippen LogP contribution < -0.4 is 10.2 Å². The van der Waals surface area contributed by atoms with Crippen LogP contribution in [0.15, 0.2) is 90.0 Å². The number of nitrogens with one attached hydrogen (secondary N) is 1. The smallest absolute Gasteiger partial charge is 0.118 e. The number of hydrogen-bond acceptors (Lipinski definition) is 4. The Morgan fingerprint density at radius 3 is 2.13 bits per heavy atom. The zero-order valence-corrected chi connectivity index (χ0v) is 17.8. The van der Waals surface area contributed by atoms with Crippen molar-refractivity contribution in [3.05, 3.63) is 96.1 Å². The number of ether oxygens (including phenoxy) is 1. The Labute approximate surface area is 179 Å². The maximum Gasteiger partial charge on any atom is 0.118 e.